The van der Waals surface area contributed by atoms with Gasteiger partial charge in [0, 0.05) is 19.3 Å². The van der Waals surface area contributed by atoms with Crippen LogP contribution in [0.4, 0.5) is 10.1 Å². The normalized spacial score (nSPS) is 20.8. The molecule has 8 heteroatoms. The maximum absolute atomic E-state index is 13.5. The fraction of sp³-hybridized carbons (Fsp3) is 0.583. The predicted molar refractivity (Wildman–Crippen MR) is 75.0 cm³/mol. The molecule has 1 aliphatic heterocycles. The summed E-state index contributed by atoms with van der Waals surface area (Å²) in [4.78, 5) is 3.59. The van der Waals surface area contributed by atoms with E-state index in [4.69, 9.17) is 0 Å². The molecule has 0 amide bonds. The van der Waals surface area contributed by atoms with E-state index in [0.29, 0.717) is 13.1 Å². The van der Waals surface area contributed by atoms with Gasteiger partial charge in [0.1, 0.15) is 0 Å². The second-order valence-corrected chi connectivity index (χ2v) is 6.56. The minimum atomic E-state index is -3.72. The van der Waals surface area contributed by atoms with E-state index in [2.05, 4.69) is 15.0 Å². The van der Waals surface area contributed by atoms with Crippen molar-refractivity contribution < 1.29 is 12.8 Å². The fourth-order valence-electron chi connectivity index (χ4n) is 2.36. The minimum Gasteiger partial charge on any atom is -0.319 e. The number of rotatable bonds is 5. The van der Waals surface area contributed by atoms with Gasteiger partial charge in [0.2, 0.25) is 0 Å². The van der Waals surface area contributed by atoms with Crippen LogP contribution in [0.1, 0.15) is 12.8 Å². The van der Waals surface area contributed by atoms with Crippen molar-refractivity contribution in [1.29, 1.82) is 0 Å². The molecule has 1 atom stereocenters. The summed E-state index contributed by atoms with van der Waals surface area (Å²) in [5, 5.41) is 3.06. The molecule has 2 heterocycles. The van der Waals surface area contributed by atoms with Crippen molar-refractivity contribution in [3.63, 3.8) is 0 Å². The zero-order chi connectivity index (χ0) is 14.6. The first-order valence-corrected chi connectivity index (χ1v) is 7.99. The molecule has 20 heavy (non-hydrogen) atoms. The molecule has 0 aliphatic carbocycles. The number of anilines is 1. The Balaban J connectivity index is 2.08. The van der Waals surface area contributed by atoms with Crippen LogP contribution >= 0.6 is 0 Å². The van der Waals surface area contributed by atoms with Crippen LogP contribution in [0.25, 0.3) is 0 Å². The molecule has 1 fully saturated rings. The van der Waals surface area contributed by atoms with Crippen molar-refractivity contribution in [2.45, 2.75) is 12.8 Å². The quantitative estimate of drug-likeness (QED) is 0.844. The number of pyridine rings is 1. The molecule has 2 N–H and O–H groups in total. The van der Waals surface area contributed by atoms with Gasteiger partial charge in [0.15, 0.2) is 5.82 Å². The van der Waals surface area contributed by atoms with Crippen LogP contribution in [0.5, 0.6) is 0 Å². The van der Waals surface area contributed by atoms with Crippen molar-refractivity contribution in [2.24, 2.45) is 5.92 Å². The maximum atomic E-state index is 13.5. The summed E-state index contributed by atoms with van der Waals surface area (Å²) >= 11 is 0. The number of hydrogen-bond acceptors (Lipinski definition) is 4. The summed E-state index contributed by atoms with van der Waals surface area (Å²) in [6, 6.07) is 1.31. The Kier molecular flexibility index (Phi) is 4.90. The van der Waals surface area contributed by atoms with E-state index in [1.54, 1.807) is 0 Å². The van der Waals surface area contributed by atoms with Gasteiger partial charge in [-0.25, -0.2) is 4.39 Å². The lowest BCUT2D eigenvalue weighted by atomic mass is 10.00. The number of hydrogen-bond donors (Lipinski definition) is 2. The SMILES string of the molecule is CNCC1CCCN(S(=O)(=O)Nc2ccncc2F)C1. The third-order valence-corrected chi connectivity index (χ3v) is 4.82. The topological polar surface area (TPSA) is 74.3 Å². The lowest BCUT2D eigenvalue weighted by molar-refractivity contribution is 0.264. The van der Waals surface area contributed by atoms with E-state index in [0.717, 1.165) is 25.6 Å². The van der Waals surface area contributed by atoms with Gasteiger partial charge in [0.05, 0.1) is 11.9 Å². The van der Waals surface area contributed by atoms with Gasteiger partial charge in [-0.2, -0.15) is 12.7 Å². The summed E-state index contributed by atoms with van der Waals surface area (Å²) in [6.45, 7) is 1.68. The summed E-state index contributed by atoms with van der Waals surface area (Å²) in [6.07, 6.45) is 4.14. The molecular formula is C12H19FN4O2S. The molecule has 0 saturated carbocycles. The van der Waals surface area contributed by atoms with Crippen molar-refractivity contribution in [1.82, 2.24) is 14.6 Å². The second-order valence-electron chi connectivity index (χ2n) is 4.89. The van der Waals surface area contributed by atoms with E-state index in [1.165, 1.54) is 16.6 Å². The molecule has 6 nitrogen and oxygen atoms in total. The van der Waals surface area contributed by atoms with Crippen molar-refractivity contribution in [3.8, 4) is 0 Å². The third-order valence-electron chi connectivity index (χ3n) is 3.33. The molecule has 0 bridgehead atoms. The largest absolute Gasteiger partial charge is 0.319 e. The zero-order valence-corrected chi connectivity index (χ0v) is 12.2. The standard InChI is InChI=1S/C12H19FN4O2S/c1-14-7-10-3-2-6-17(9-10)20(18,19)16-12-4-5-15-8-11(12)13/h4-5,8,10,14H,2-3,6-7,9H2,1H3,(H,15,16). The van der Waals surface area contributed by atoms with E-state index < -0.39 is 16.0 Å². The average Bonchev–Trinajstić information content (AvgIpc) is 2.42. The Hall–Kier alpha value is -1.25. The molecule has 2 rings (SSSR count). The lowest BCUT2D eigenvalue weighted by Crippen LogP contribution is -2.44. The van der Waals surface area contributed by atoms with Gasteiger partial charge in [-0.05, 0) is 38.4 Å². The molecule has 1 aliphatic rings. The van der Waals surface area contributed by atoms with Gasteiger partial charge >= 0.3 is 10.2 Å². The zero-order valence-electron chi connectivity index (χ0n) is 11.3. The average molecular weight is 302 g/mol. The Labute approximate surface area is 118 Å². The highest BCUT2D eigenvalue weighted by Gasteiger charge is 2.29. The summed E-state index contributed by atoms with van der Waals surface area (Å²) in [5.74, 6) is -0.396. The highest BCUT2D eigenvalue weighted by molar-refractivity contribution is 7.90. The fourth-order valence-corrected chi connectivity index (χ4v) is 3.71. The highest BCUT2D eigenvalue weighted by Crippen LogP contribution is 2.21. The first-order chi connectivity index (χ1) is 9.53. The Morgan fingerprint density at radius 1 is 1.55 bits per heavy atom. The highest BCUT2D eigenvalue weighted by atomic mass is 32.2. The molecule has 112 valence electrons. The molecule has 1 saturated heterocycles. The molecule has 1 aromatic rings. The van der Waals surface area contributed by atoms with Crippen LogP contribution in [0, 0.1) is 11.7 Å². The summed E-state index contributed by atoms with van der Waals surface area (Å²) in [5.41, 5.74) is -0.0734. The molecule has 0 aromatic carbocycles. The Morgan fingerprint density at radius 3 is 3.05 bits per heavy atom. The van der Waals surface area contributed by atoms with Crippen LogP contribution in [0.15, 0.2) is 18.5 Å². The third kappa shape index (κ3) is 3.65. The number of aromatic nitrogens is 1. The summed E-state index contributed by atoms with van der Waals surface area (Å²) < 4.78 is 41.7. The van der Waals surface area contributed by atoms with Gasteiger partial charge < -0.3 is 5.32 Å². The first-order valence-electron chi connectivity index (χ1n) is 6.55. The van der Waals surface area contributed by atoms with E-state index in [9.17, 15) is 12.8 Å². The smallest absolute Gasteiger partial charge is 0.301 e. The van der Waals surface area contributed by atoms with Gasteiger partial charge in [-0.1, -0.05) is 0 Å². The van der Waals surface area contributed by atoms with Crippen LogP contribution < -0.4 is 10.0 Å². The van der Waals surface area contributed by atoms with E-state index in [1.807, 2.05) is 7.05 Å². The first kappa shape index (κ1) is 15.1. The lowest BCUT2D eigenvalue weighted by Gasteiger charge is -2.31. The van der Waals surface area contributed by atoms with Gasteiger partial charge in [-0.15, -0.1) is 0 Å². The van der Waals surface area contributed by atoms with Crippen LogP contribution in [0.2, 0.25) is 0 Å². The van der Waals surface area contributed by atoms with Crippen LogP contribution in [0.3, 0.4) is 0 Å². The second kappa shape index (κ2) is 6.47. The molecule has 1 aromatic heterocycles. The number of halogens is 1. The maximum Gasteiger partial charge on any atom is 0.301 e. The van der Waals surface area contributed by atoms with Gasteiger partial charge in [0.25, 0.3) is 0 Å². The van der Waals surface area contributed by atoms with Gasteiger partial charge in [-0.3, -0.25) is 9.71 Å². The van der Waals surface area contributed by atoms with E-state index >= 15 is 0 Å². The van der Waals surface area contributed by atoms with E-state index in [-0.39, 0.29) is 11.6 Å². The number of nitrogens with one attached hydrogen (secondary N) is 2. The predicted octanol–water partition coefficient (Wildman–Crippen LogP) is 0.809. The van der Waals surface area contributed by atoms with Crippen molar-refractivity contribution in [3.05, 3.63) is 24.3 Å². The minimum absolute atomic E-state index is 0.0734. The molecule has 0 radical (unpaired) electrons. The van der Waals surface area contributed by atoms with Crippen LogP contribution in [-0.2, 0) is 10.2 Å². The molecular weight excluding hydrogens is 283 g/mol. The monoisotopic (exact) mass is 302 g/mol. The Morgan fingerprint density at radius 2 is 2.35 bits per heavy atom. The van der Waals surface area contributed by atoms with Crippen molar-refractivity contribution in [2.75, 3.05) is 31.4 Å². The molecule has 0 spiro atoms. The molecule has 1 unspecified atom stereocenters. The number of piperidine rings is 1. The Bertz CT molecular complexity index is 550. The van der Waals surface area contributed by atoms with Crippen LogP contribution in [-0.4, -0.2) is 44.4 Å². The van der Waals surface area contributed by atoms with Crippen molar-refractivity contribution >= 4 is 15.9 Å². The number of nitrogens with zero attached hydrogens (tertiary/aromatic N) is 2. The summed E-state index contributed by atoms with van der Waals surface area (Å²) in [7, 11) is -1.88.